The molecule has 23 heavy (non-hydrogen) atoms. The summed E-state index contributed by atoms with van der Waals surface area (Å²) in [5.74, 6) is 0.853. The van der Waals surface area contributed by atoms with Crippen molar-refractivity contribution < 1.29 is 4.79 Å². The SMILES string of the molecule is CC1(C)CC(NC(=O)C2=CCC(C(C)(C)C)CC2)CC(C)(C)N1. The lowest BCUT2D eigenvalue weighted by Crippen LogP contribution is -2.62. The van der Waals surface area contributed by atoms with Gasteiger partial charge in [-0.1, -0.05) is 26.8 Å². The summed E-state index contributed by atoms with van der Waals surface area (Å²) in [5, 5.41) is 6.98. The Hall–Kier alpha value is -0.830. The highest BCUT2D eigenvalue weighted by Crippen LogP contribution is 2.37. The maximum absolute atomic E-state index is 12.6. The van der Waals surface area contributed by atoms with Crippen LogP contribution in [-0.4, -0.2) is 23.0 Å². The average Bonchev–Trinajstić information content (AvgIpc) is 2.33. The number of hydrogen-bond donors (Lipinski definition) is 2. The van der Waals surface area contributed by atoms with Crippen molar-refractivity contribution in [2.45, 2.75) is 97.7 Å². The van der Waals surface area contributed by atoms with Crippen molar-refractivity contribution >= 4 is 5.91 Å². The Morgan fingerprint density at radius 2 is 1.74 bits per heavy atom. The van der Waals surface area contributed by atoms with Gasteiger partial charge in [0.2, 0.25) is 5.91 Å². The van der Waals surface area contributed by atoms with E-state index < -0.39 is 0 Å². The van der Waals surface area contributed by atoms with Gasteiger partial charge in [-0.15, -0.1) is 0 Å². The molecule has 0 saturated carbocycles. The normalized spacial score (nSPS) is 28.1. The summed E-state index contributed by atoms with van der Waals surface area (Å²) in [4.78, 5) is 12.6. The number of rotatable bonds is 2. The molecule has 1 amide bonds. The molecule has 2 rings (SSSR count). The summed E-state index contributed by atoms with van der Waals surface area (Å²) in [6, 6.07) is 0.259. The second-order valence-corrected chi connectivity index (χ2v) is 10.0. The molecule has 2 aliphatic rings. The fraction of sp³-hybridized carbons (Fsp3) is 0.850. The van der Waals surface area contributed by atoms with Gasteiger partial charge in [-0.25, -0.2) is 0 Å². The van der Waals surface area contributed by atoms with Gasteiger partial charge in [-0.3, -0.25) is 4.79 Å². The van der Waals surface area contributed by atoms with Crippen LogP contribution in [0, 0.1) is 11.3 Å². The fourth-order valence-electron chi connectivity index (χ4n) is 4.53. The standard InChI is InChI=1S/C20H36N2O/c1-18(2,3)15-10-8-14(9-11-15)17(23)21-16-12-19(4,5)22-20(6,7)13-16/h8,15-16,22H,9-13H2,1-7H3,(H,21,23). The van der Waals surface area contributed by atoms with Gasteiger partial charge >= 0.3 is 0 Å². The number of hydrogen-bond acceptors (Lipinski definition) is 2. The maximum atomic E-state index is 12.6. The summed E-state index contributed by atoms with van der Waals surface area (Å²) in [6.07, 6.45) is 7.25. The third kappa shape index (κ3) is 5.07. The number of allylic oxidation sites excluding steroid dienone is 1. The number of piperidine rings is 1. The third-order valence-electron chi connectivity index (χ3n) is 5.45. The maximum Gasteiger partial charge on any atom is 0.247 e. The van der Waals surface area contributed by atoms with Crippen LogP contribution in [0.3, 0.4) is 0 Å². The Morgan fingerprint density at radius 3 is 2.17 bits per heavy atom. The van der Waals surface area contributed by atoms with Crippen molar-refractivity contribution in [1.82, 2.24) is 10.6 Å². The van der Waals surface area contributed by atoms with Gasteiger partial charge in [0.05, 0.1) is 0 Å². The number of amides is 1. The summed E-state index contributed by atoms with van der Waals surface area (Å²) in [6.45, 7) is 15.8. The van der Waals surface area contributed by atoms with Gasteiger partial charge < -0.3 is 10.6 Å². The molecule has 1 unspecified atom stereocenters. The van der Waals surface area contributed by atoms with Crippen LogP contribution in [0.2, 0.25) is 0 Å². The van der Waals surface area contributed by atoms with E-state index in [1.165, 1.54) is 0 Å². The Labute approximate surface area is 142 Å². The minimum Gasteiger partial charge on any atom is -0.349 e. The van der Waals surface area contributed by atoms with Crippen LogP contribution in [0.4, 0.5) is 0 Å². The molecule has 1 saturated heterocycles. The van der Waals surface area contributed by atoms with E-state index in [2.05, 4.69) is 65.2 Å². The smallest absolute Gasteiger partial charge is 0.247 e. The van der Waals surface area contributed by atoms with Crippen LogP contribution in [0.25, 0.3) is 0 Å². The van der Waals surface area contributed by atoms with E-state index in [4.69, 9.17) is 0 Å². The van der Waals surface area contributed by atoms with Crippen molar-refractivity contribution in [3.63, 3.8) is 0 Å². The predicted molar refractivity (Wildman–Crippen MR) is 97.3 cm³/mol. The van der Waals surface area contributed by atoms with Gasteiger partial charge in [-0.05, 0) is 71.1 Å². The van der Waals surface area contributed by atoms with Crippen LogP contribution in [0.5, 0.6) is 0 Å². The first kappa shape index (κ1) is 18.5. The van der Waals surface area contributed by atoms with Crippen molar-refractivity contribution in [2.75, 3.05) is 0 Å². The van der Waals surface area contributed by atoms with E-state index >= 15 is 0 Å². The minimum atomic E-state index is 0.0674. The van der Waals surface area contributed by atoms with E-state index in [0.717, 1.165) is 37.7 Å². The summed E-state index contributed by atoms with van der Waals surface area (Å²) in [7, 11) is 0. The van der Waals surface area contributed by atoms with Gasteiger partial charge in [0, 0.05) is 22.7 Å². The molecule has 1 fully saturated rings. The first-order valence-electron chi connectivity index (χ1n) is 9.17. The highest BCUT2D eigenvalue weighted by atomic mass is 16.1. The molecule has 2 N–H and O–H groups in total. The first-order chi connectivity index (χ1) is 10.4. The summed E-state index contributed by atoms with van der Waals surface area (Å²) >= 11 is 0. The predicted octanol–water partition coefficient (Wildman–Crippen LogP) is 4.18. The molecule has 0 aromatic rings. The van der Waals surface area contributed by atoms with Crippen LogP contribution in [0.15, 0.2) is 11.6 Å². The number of nitrogens with one attached hydrogen (secondary N) is 2. The molecule has 0 spiro atoms. The van der Waals surface area contributed by atoms with E-state index in [1.807, 2.05) is 0 Å². The van der Waals surface area contributed by atoms with Gasteiger partial charge in [-0.2, -0.15) is 0 Å². The molecule has 0 aromatic heterocycles. The van der Waals surface area contributed by atoms with Gasteiger partial charge in [0.25, 0.3) is 0 Å². The Kier molecular flexibility index (Phi) is 5.02. The summed E-state index contributed by atoms with van der Waals surface area (Å²) < 4.78 is 0. The molecule has 1 aliphatic carbocycles. The van der Waals surface area contributed by atoms with Crippen LogP contribution in [-0.2, 0) is 4.79 Å². The van der Waals surface area contributed by atoms with Crippen LogP contribution in [0.1, 0.15) is 80.6 Å². The summed E-state index contributed by atoms with van der Waals surface area (Å²) in [5.41, 5.74) is 1.47. The monoisotopic (exact) mass is 320 g/mol. The van der Waals surface area contributed by atoms with E-state index in [-0.39, 0.29) is 23.0 Å². The van der Waals surface area contributed by atoms with Crippen LogP contribution >= 0.6 is 0 Å². The van der Waals surface area contributed by atoms with Crippen molar-refractivity contribution in [2.24, 2.45) is 11.3 Å². The molecule has 1 atom stereocenters. The fourth-order valence-corrected chi connectivity index (χ4v) is 4.53. The minimum absolute atomic E-state index is 0.0674. The quantitative estimate of drug-likeness (QED) is 0.801. The van der Waals surface area contributed by atoms with E-state index in [0.29, 0.717) is 11.3 Å². The molecule has 1 heterocycles. The first-order valence-corrected chi connectivity index (χ1v) is 9.17. The zero-order valence-corrected chi connectivity index (χ0v) is 16.2. The molecule has 0 bridgehead atoms. The molecule has 0 radical (unpaired) electrons. The van der Waals surface area contributed by atoms with Gasteiger partial charge in [0.15, 0.2) is 0 Å². The number of carbonyl (C=O) groups excluding carboxylic acids is 1. The lowest BCUT2D eigenvalue weighted by Gasteiger charge is -2.46. The van der Waals surface area contributed by atoms with Crippen molar-refractivity contribution in [1.29, 1.82) is 0 Å². The third-order valence-corrected chi connectivity index (χ3v) is 5.45. The molecule has 1 aliphatic heterocycles. The highest BCUT2D eigenvalue weighted by Gasteiger charge is 2.38. The van der Waals surface area contributed by atoms with E-state index in [1.54, 1.807) is 0 Å². The second kappa shape index (κ2) is 6.23. The second-order valence-electron chi connectivity index (χ2n) is 10.0. The van der Waals surface area contributed by atoms with E-state index in [9.17, 15) is 4.79 Å². The zero-order chi connectivity index (χ0) is 17.5. The lowest BCUT2D eigenvalue weighted by molar-refractivity contribution is -0.119. The van der Waals surface area contributed by atoms with Gasteiger partial charge in [0.1, 0.15) is 0 Å². The van der Waals surface area contributed by atoms with Crippen molar-refractivity contribution in [3.8, 4) is 0 Å². The lowest BCUT2D eigenvalue weighted by atomic mass is 9.73. The average molecular weight is 321 g/mol. The molecular weight excluding hydrogens is 284 g/mol. The van der Waals surface area contributed by atoms with Crippen LogP contribution < -0.4 is 10.6 Å². The molecule has 132 valence electrons. The molecule has 0 aromatic carbocycles. The van der Waals surface area contributed by atoms with Crippen molar-refractivity contribution in [3.05, 3.63) is 11.6 Å². The largest absolute Gasteiger partial charge is 0.349 e. The number of carbonyl (C=O) groups is 1. The molecule has 3 nitrogen and oxygen atoms in total. The topological polar surface area (TPSA) is 41.1 Å². The Morgan fingerprint density at radius 1 is 1.17 bits per heavy atom. The Balaban J connectivity index is 1.96. The molecular formula is C20H36N2O. The Bertz CT molecular complexity index is 466. The zero-order valence-electron chi connectivity index (χ0n) is 16.2. The highest BCUT2D eigenvalue weighted by molar-refractivity contribution is 5.93. The molecule has 3 heteroatoms.